The molecule has 10 rings (SSSR count). The van der Waals surface area contributed by atoms with Crippen molar-refractivity contribution < 1.29 is 9.59 Å². The van der Waals surface area contributed by atoms with Crippen molar-refractivity contribution in [3.8, 4) is 33.6 Å². The standard InChI is InChI=1S/C51H36N2O2/c54-33-46(51(55)39-28-36(34-15-3-1-4-16-34)27-37(29-39)35-17-5-2-6-18-35)38-30-40(52-47-23-11-7-19-42(47)43-20-8-12-24-48(43)52)32-41(31-38)53-49-25-13-9-21-44(49)45-22-10-14-26-50(45)53/h1-13,15-25,27-33,46H,14,26H2. The summed E-state index contributed by atoms with van der Waals surface area (Å²) in [6.45, 7) is 0. The van der Waals surface area contributed by atoms with Gasteiger partial charge in [0, 0.05) is 44.4 Å². The summed E-state index contributed by atoms with van der Waals surface area (Å²) in [6, 6.07) is 57.8. The van der Waals surface area contributed by atoms with Gasteiger partial charge in [0.25, 0.3) is 0 Å². The number of carbonyl (C=O) groups is 2. The average molecular weight is 709 g/mol. The number of aldehydes is 1. The average Bonchev–Trinajstić information content (AvgIpc) is 3.77. The van der Waals surface area contributed by atoms with Crippen LogP contribution < -0.4 is 0 Å². The third-order valence-corrected chi connectivity index (χ3v) is 11.1. The number of hydrogen-bond acceptors (Lipinski definition) is 2. The Bertz CT molecular complexity index is 2860. The Morgan fingerprint density at radius 1 is 0.527 bits per heavy atom. The number of para-hydroxylation sites is 3. The predicted molar refractivity (Wildman–Crippen MR) is 225 cm³/mol. The molecular weight excluding hydrogens is 673 g/mol. The minimum Gasteiger partial charge on any atom is -0.313 e. The molecule has 4 nitrogen and oxygen atoms in total. The zero-order chi connectivity index (χ0) is 36.9. The largest absolute Gasteiger partial charge is 0.313 e. The molecule has 262 valence electrons. The molecular formula is C51H36N2O2. The normalized spacial score (nSPS) is 12.9. The topological polar surface area (TPSA) is 44.0 Å². The van der Waals surface area contributed by atoms with Gasteiger partial charge in [-0.25, -0.2) is 0 Å². The van der Waals surface area contributed by atoms with Gasteiger partial charge in [-0.1, -0.05) is 127 Å². The van der Waals surface area contributed by atoms with Crippen molar-refractivity contribution in [2.24, 2.45) is 0 Å². The molecule has 1 aliphatic carbocycles. The van der Waals surface area contributed by atoms with E-state index < -0.39 is 5.92 Å². The Morgan fingerprint density at radius 2 is 1.04 bits per heavy atom. The zero-order valence-electron chi connectivity index (χ0n) is 30.1. The van der Waals surface area contributed by atoms with Crippen molar-refractivity contribution in [1.29, 1.82) is 0 Å². The van der Waals surface area contributed by atoms with Gasteiger partial charge in [0.05, 0.1) is 16.6 Å². The molecule has 1 atom stereocenters. The number of hydrogen-bond donors (Lipinski definition) is 0. The number of benzene rings is 7. The van der Waals surface area contributed by atoms with E-state index in [0.29, 0.717) is 11.1 Å². The van der Waals surface area contributed by atoms with E-state index >= 15 is 0 Å². The summed E-state index contributed by atoms with van der Waals surface area (Å²) in [6.07, 6.45) is 7.13. The van der Waals surface area contributed by atoms with Crippen molar-refractivity contribution in [2.75, 3.05) is 0 Å². The summed E-state index contributed by atoms with van der Waals surface area (Å²) in [5.41, 5.74) is 12.5. The first-order valence-corrected chi connectivity index (χ1v) is 18.8. The first-order valence-electron chi connectivity index (χ1n) is 18.8. The quantitative estimate of drug-likeness (QED) is 0.0896. The van der Waals surface area contributed by atoms with Crippen molar-refractivity contribution in [3.63, 3.8) is 0 Å². The molecule has 4 heteroatoms. The van der Waals surface area contributed by atoms with Crippen LogP contribution in [0.15, 0.2) is 176 Å². The molecule has 7 aromatic carbocycles. The van der Waals surface area contributed by atoms with E-state index in [9.17, 15) is 9.59 Å². The summed E-state index contributed by atoms with van der Waals surface area (Å²) in [5, 5.41) is 3.48. The van der Waals surface area contributed by atoms with E-state index in [0.717, 1.165) is 80.1 Å². The second-order valence-corrected chi connectivity index (χ2v) is 14.3. The third-order valence-electron chi connectivity index (χ3n) is 11.1. The second kappa shape index (κ2) is 13.4. The Morgan fingerprint density at radius 3 is 1.62 bits per heavy atom. The second-order valence-electron chi connectivity index (χ2n) is 14.3. The molecule has 2 aromatic heterocycles. The minimum absolute atomic E-state index is 0.238. The maximum Gasteiger partial charge on any atom is 0.177 e. The molecule has 1 unspecified atom stereocenters. The lowest BCUT2D eigenvalue weighted by atomic mass is 9.88. The monoisotopic (exact) mass is 708 g/mol. The van der Waals surface area contributed by atoms with Crippen LogP contribution in [0.4, 0.5) is 0 Å². The van der Waals surface area contributed by atoms with Gasteiger partial charge < -0.3 is 13.9 Å². The van der Waals surface area contributed by atoms with Crippen molar-refractivity contribution in [2.45, 2.75) is 18.8 Å². The van der Waals surface area contributed by atoms with Crippen LogP contribution in [-0.2, 0) is 11.2 Å². The molecule has 0 bridgehead atoms. The lowest BCUT2D eigenvalue weighted by molar-refractivity contribution is -0.108. The minimum atomic E-state index is -1.04. The first-order chi connectivity index (χ1) is 27.2. The van der Waals surface area contributed by atoms with Gasteiger partial charge in [0.15, 0.2) is 5.78 Å². The SMILES string of the molecule is O=CC(C(=O)c1cc(-c2ccccc2)cc(-c2ccccc2)c1)c1cc(-n2c3c(c4ccccc42)C=CCC3)cc(-n2c3ccccc3c3ccccc32)c1. The van der Waals surface area contributed by atoms with Crippen LogP contribution in [-0.4, -0.2) is 21.2 Å². The molecule has 0 fully saturated rings. The fourth-order valence-electron chi connectivity index (χ4n) is 8.56. The maximum atomic E-state index is 15.0. The van der Waals surface area contributed by atoms with Gasteiger partial charge in [-0.3, -0.25) is 4.79 Å². The molecule has 2 heterocycles. The molecule has 9 aromatic rings. The zero-order valence-corrected chi connectivity index (χ0v) is 30.1. The number of nitrogens with zero attached hydrogens (tertiary/aromatic N) is 2. The van der Waals surface area contributed by atoms with Crippen molar-refractivity contribution in [3.05, 3.63) is 198 Å². The van der Waals surface area contributed by atoms with Gasteiger partial charge in [-0.05, 0) is 95.3 Å². The van der Waals surface area contributed by atoms with Crippen LogP contribution in [0.1, 0.15) is 39.5 Å². The highest BCUT2D eigenvalue weighted by Gasteiger charge is 2.27. The fraction of sp³-hybridized carbons (Fsp3) is 0.0588. The number of allylic oxidation sites excluding steroid dienone is 1. The highest BCUT2D eigenvalue weighted by molar-refractivity contribution is 6.11. The van der Waals surface area contributed by atoms with Crippen LogP contribution in [0.25, 0.3) is 72.4 Å². The molecule has 0 saturated heterocycles. The van der Waals surface area contributed by atoms with Crippen LogP contribution >= 0.6 is 0 Å². The molecule has 0 N–H and O–H groups in total. The van der Waals surface area contributed by atoms with Gasteiger partial charge in [-0.15, -0.1) is 0 Å². The highest BCUT2D eigenvalue weighted by atomic mass is 16.1. The third kappa shape index (κ3) is 5.53. The molecule has 1 aliphatic rings. The van der Waals surface area contributed by atoms with E-state index in [2.05, 4.69) is 112 Å². The molecule has 0 amide bonds. The Labute approximate surface area is 319 Å². The van der Waals surface area contributed by atoms with E-state index in [1.165, 1.54) is 16.6 Å². The molecule has 0 saturated carbocycles. The Hall–Kier alpha value is -7.04. The molecule has 0 aliphatic heterocycles. The number of aromatic nitrogens is 2. The molecule has 0 radical (unpaired) electrons. The summed E-state index contributed by atoms with van der Waals surface area (Å²) in [5.74, 6) is -1.28. The summed E-state index contributed by atoms with van der Waals surface area (Å²) >= 11 is 0. The predicted octanol–water partition coefficient (Wildman–Crippen LogP) is 12.2. The lowest BCUT2D eigenvalue weighted by Gasteiger charge is -2.20. The van der Waals surface area contributed by atoms with Crippen LogP contribution in [0, 0.1) is 0 Å². The first kappa shape index (κ1) is 32.6. The summed E-state index contributed by atoms with van der Waals surface area (Å²) in [7, 11) is 0. The van der Waals surface area contributed by atoms with Crippen LogP contribution in [0.2, 0.25) is 0 Å². The smallest absolute Gasteiger partial charge is 0.177 e. The van der Waals surface area contributed by atoms with E-state index in [1.807, 2.05) is 78.9 Å². The van der Waals surface area contributed by atoms with E-state index in [-0.39, 0.29) is 5.78 Å². The molecule has 0 spiro atoms. The molecule has 55 heavy (non-hydrogen) atoms. The van der Waals surface area contributed by atoms with E-state index in [1.54, 1.807) is 0 Å². The van der Waals surface area contributed by atoms with Crippen LogP contribution in [0.3, 0.4) is 0 Å². The van der Waals surface area contributed by atoms with E-state index in [4.69, 9.17) is 0 Å². The summed E-state index contributed by atoms with van der Waals surface area (Å²) in [4.78, 5) is 28.4. The van der Waals surface area contributed by atoms with Crippen LogP contribution in [0.5, 0.6) is 0 Å². The number of Topliss-reactive ketones (excluding diaryl/α,β-unsaturated/α-hetero) is 1. The lowest BCUT2D eigenvalue weighted by Crippen LogP contribution is -2.16. The Kier molecular flexibility index (Phi) is 7.96. The number of rotatable bonds is 8. The van der Waals surface area contributed by atoms with Gasteiger partial charge in [-0.2, -0.15) is 0 Å². The van der Waals surface area contributed by atoms with Gasteiger partial charge >= 0.3 is 0 Å². The number of fused-ring (bicyclic) bond motifs is 6. The maximum absolute atomic E-state index is 15.0. The fourth-order valence-corrected chi connectivity index (χ4v) is 8.56. The van der Waals surface area contributed by atoms with Gasteiger partial charge in [0.2, 0.25) is 0 Å². The summed E-state index contributed by atoms with van der Waals surface area (Å²) < 4.78 is 4.61. The van der Waals surface area contributed by atoms with Crippen molar-refractivity contribution in [1.82, 2.24) is 9.13 Å². The number of carbonyl (C=O) groups excluding carboxylic acids is 2. The number of ketones is 1. The van der Waals surface area contributed by atoms with Crippen molar-refractivity contribution >= 4 is 50.9 Å². The van der Waals surface area contributed by atoms with Gasteiger partial charge in [0.1, 0.15) is 12.2 Å². The Balaban J connectivity index is 1.21. The highest BCUT2D eigenvalue weighted by Crippen LogP contribution is 2.39.